The van der Waals surface area contributed by atoms with Crippen LogP contribution in [0.2, 0.25) is 0 Å². The molecule has 5 aromatic rings. The Morgan fingerprint density at radius 2 is 1.77 bits per heavy atom. The summed E-state index contributed by atoms with van der Waals surface area (Å²) in [5, 5.41) is 10.5. The van der Waals surface area contributed by atoms with Crippen molar-refractivity contribution in [2.45, 2.75) is 24.0 Å². The summed E-state index contributed by atoms with van der Waals surface area (Å²) >= 11 is 4.25. The molecule has 8 nitrogen and oxygen atoms in total. The van der Waals surface area contributed by atoms with Crippen molar-refractivity contribution >= 4 is 79.3 Å². The lowest BCUT2D eigenvalue weighted by molar-refractivity contribution is -0.115. The Kier molecular flexibility index (Phi) is 9.88. The summed E-state index contributed by atoms with van der Waals surface area (Å²) < 4.78 is 6.49. The molecule has 0 spiro atoms. The smallest absolute Gasteiger partial charge is 0.272 e. The van der Waals surface area contributed by atoms with Gasteiger partial charge in [0.1, 0.15) is 11.4 Å². The second kappa shape index (κ2) is 14.1. The molecule has 0 fully saturated rings. The van der Waals surface area contributed by atoms with Crippen molar-refractivity contribution in [3.8, 4) is 5.75 Å². The largest absolute Gasteiger partial charge is 0.494 e. The van der Waals surface area contributed by atoms with E-state index in [1.54, 1.807) is 42.5 Å². The predicted octanol–water partition coefficient (Wildman–Crippen LogP) is 7.29. The molecule has 2 heterocycles. The Labute approximate surface area is 261 Å². The second-order valence-corrected chi connectivity index (χ2v) is 12.6. The van der Waals surface area contributed by atoms with E-state index in [0.717, 1.165) is 25.7 Å². The Morgan fingerprint density at radius 1 is 0.977 bits per heavy atom. The molecular weight excluding hydrogens is 601 g/mol. The van der Waals surface area contributed by atoms with Crippen LogP contribution in [0.4, 0.5) is 10.8 Å². The fourth-order valence-corrected chi connectivity index (χ4v) is 6.37. The van der Waals surface area contributed by atoms with Gasteiger partial charge >= 0.3 is 0 Å². The van der Waals surface area contributed by atoms with Crippen LogP contribution in [0, 0.1) is 0 Å². The minimum absolute atomic E-state index is 0.129. The minimum Gasteiger partial charge on any atom is -0.494 e. The van der Waals surface area contributed by atoms with E-state index in [2.05, 4.69) is 20.9 Å². The van der Waals surface area contributed by atoms with Gasteiger partial charge in [0.15, 0.2) is 5.13 Å². The van der Waals surface area contributed by atoms with E-state index in [4.69, 9.17) is 4.74 Å². The van der Waals surface area contributed by atoms with E-state index < -0.39 is 5.91 Å². The third kappa shape index (κ3) is 8.10. The molecule has 3 amide bonds. The van der Waals surface area contributed by atoms with Gasteiger partial charge in [-0.2, -0.15) is 0 Å². The molecule has 11 heteroatoms. The summed E-state index contributed by atoms with van der Waals surface area (Å²) in [7, 11) is 0. The van der Waals surface area contributed by atoms with E-state index >= 15 is 0 Å². The highest BCUT2D eigenvalue weighted by molar-refractivity contribution is 8.00. The number of ether oxygens (including phenoxy) is 1. The molecule has 0 aliphatic rings. The van der Waals surface area contributed by atoms with Gasteiger partial charge in [-0.25, -0.2) is 4.98 Å². The van der Waals surface area contributed by atoms with Crippen molar-refractivity contribution in [2.24, 2.45) is 0 Å². The van der Waals surface area contributed by atoms with Gasteiger partial charge < -0.3 is 20.7 Å². The van der Waals surface area contributed by atoms with Crippen LogP contribution in [-0.4, -0.2) is 34.6 Å². The van der Waals surface area contributed by atoms with Crippen LogP contribution >= 0.6 is 34.4 Å². The van der Waals surface area contributed by atoms with E-state index in [0.29, 0.717) is 23.0 Å². The Morgan fingerprint density at radius 3 is 2.49 bits per heavy atom. The molecule has 0 aliphatic carbocycles. The lowest BCUT2D eigenvalue weighted by atomic mass is 10.2. The van der Waals surface area contributed by atoms with Crippen LogP contribution in [-0.2, 0) is 9.59 Å². The van der Waals surface area contributed by atoms with Crippen LogP contribution in [0.25, 0.3) is 16.3 Å². The Hall–Kier alpha value is -4.45. The first-order chi connectivity index (χ1) is 20.9. The van der Waals surface area contributed by atoms with E-state index in [-0.39, 0.29) is 22.8 Å². The number of carbonyl (C=O) groups is 3. The van der Waals surface area contributed by atoms with Crippen molar-refractivity contribution in [3.05, 3.63) is 106 Å². The van der Waals surface area contributed by atoms with E-state index in [1.165, 1.54) is 34.4 Å². The number of hydrogen-bond donors (Lipinski definition) is 3. The van der Waals surface area contributed by atoms with Gasteiger partial charge in [-0.15, -0.1) is 23.1 Å². The average Bonchev–Trinajstić information content (AvgIpc) is 3.67. The summed E-state index contributed by atoms with van der Waals surface area (Å²) in [6.45, 7) is 4.34. The highest BCUT2D eigenvalue weighted by atomic mass is 32.2. The molecule has 0 radical (unpaired) electrons. The van der Waals surface area contributed by atoms with Crippen molar-refractivity contribution in [2.75, 3.05) is 17.2 Å². The average molecular weight is 629 g/mol. The SMILES string of the molecule is CCOc1ccc2nc(NC(=O)C(C)Sc3ccc(NC(=O)/C(=C/c4cccs4)NC(=O)c4ccccc4)cc3)sc2c1. The zero-order chi connectivity index (χ0) is 30.2. The Bertz CT molecular complexity index is 1750. The van der Waals surface area contributed by atoms with Crippen molar-refractivity contribution in [1.29, 1.82) is 0 Å². The topological polar surface area (TPSA) is 109 Å². The van der Waals surface area contributed by atoms with E-state index in [9.17, 15) is 14.4 Å². The molecule has 3 aromatic carbocycles. The number of aromatic nitrogens is 1. The van der Waals surface area contributed by atoms with Crippen LogP contribution in [0.15, 0.2) is 101 Å². The minimum atomic E-state index is -0.449. The number of benzene rings is 3. The molecule has 0 bridgehead atoms. The maximum absolute atomic E-state index is 13.2. The molecule has 5 rings (SSSR count). The molecule has 43 heavy (non-hydrogen) atoms. The van der Waals surface area contributed by atoms with Crippen LogP contribution in [0.5, 0.6) is 5.75 Å². The number of nitrogens with one attached hydrogen (secondary N) is 3. The highest BCUT2D eigenvalue weighted by Crippen LogP contribution is 2.31. The molecule has 0 saturated carbocycles. The first-order valence-electron chi connectivity index (χ1n) is 13.4. The number of thiazole rings is 1. The normalized spacial score (nSPS) is 12.0. The number of hydrogen-bond acceptors (Lipinski definition) is 8. The third-order valence-electron chi connectivity index (χ3n) is 6.05. The molecule has 1 atom stereocenters. The van der Waals surface area contributed by atoms with Gasteiger partial charge in [-0.3, -0.25) is 14.4 Å². The molecule has 2 aromatic heterocycles. The van der Waals surface area contributed by atoms with E-state index in [1.807, 2.05) is 67.8 Å². The number of amides is 3. The number of carbonyl (C=O) groups excluding carboxylic acids is 3. The fourth-order valence-electron chi connectivity index (χ4n) is 3.95. The summed E-state index contributed by atoms with van der Waals surface area (Å²) in [5.41, 5.74) is 1.93. The molecular formula is C32H28N4O4S3. The first kappa shape index (κ1) is 30.0. The van der Waals surface area contributed by atoms with Crippen LogP contribution in [0.1, 0.15) is 29.1 Å². The maximum Gasteiger partial charge on any atom is 0.272 e. The number of rotatable bonds is 11. The van der Waals surface area contributed by atoms with Gasteiger partial charge in [-0.1, -0.05) is 35.6 Å². The number of thioether (sulfide) groups is 1. The first-order valence-corrected chi connectivity index (χ1v) is 16.0. The van der Waals surface area contributed by atoms with Gasteiger partial charge in [0.25, 0.3) is 11.8 Å². The van der Waals surface area contributed by atoms with Crippen molar-refractivity contribution in [3.63, 3.8) is 0 Å². The lowest BCUT2D eigenvalue weighted by Crippen LogP contribution is -2.30. The standard InChI is InChI=1S/C32H28N4O4S3/c1-3-40-23-13-16-26-28(18-23)43-32(35-26)36-29(37)20(2)42-24-14-11-22(12-15-24)33-31(39)27(19-25-10-7-17-41-25)34-30(38)21-8-5-4-6-9-21/h4-20H,3H2,1-2H3,(H,33,39)(H,34,38)(H,35,36,37)/b27-19-. The monoisotopic (exact) mass is 628 g/mol. The fraction of sp³-hybridized carbons (Fsp3) is 0.125. The number of nitrogens with zero attached hydrogens (tertiary/aromatic N) is 1. The third-order valence-corrected chi connectivity index (χ3v) is 8.92. The molecule has 3 N–H and O–H groups in total. The number of fused-ring (bicyclic) bond motifs is 1. The van der Waals surface area contributed by atoms with Gasteiger partial charge in [0, 0.05) is 21.0 Å². The van der Waals surface area contributed by atoms with Gasteiger partial charge in [0.2, 0.25) is 5.91 Å². The maximum atomic E-state index is 13.2. The van der Waals surface area contributed by atoms with Crippen LogP contribution < -0.4 is 20.7 Å². The Balaban J connectivity index is 1.20. The van der Waals surface area contributed by atoms with Crippen molar-refractivity contribution in [1.82, 2.24) is 10.3 Å². The van der Waals surface area contributed by atoms with Crippen molar-refractivity contribution < 1.29 is 19.1 Å². The van der Waals surface area contributed by atoms with Gasteiger partial charge in [-0.05, 0) is 86.0 Å². The summed E-state index contributed by atoms with van der Waals surface area (Å²) in [6, 6.07) is 25.3. The zero-order valence-corrected chi connectivity index (χ0v) is 25.8. The summed E-state index contributed by atoms with van der Waals surface area (Å²) in [5.74, 6) is -0.218. The predicted molar refractivity (Wildman–Crippen MR) is 176 cm³/mol. The molecule has 0 aliphatic heterocycles. The molecule has 218 valence electrons. The summed E-state index contributed by atoms with van der Waals surface area (Å²) in [4.78, 5) is 45.0. The molecule has 0 saturated heterocycles. The summed E-state index contributed by atoms with van der Waals surface area (Å²) in [6.07, 6.45) is 1.65. The molecule has 1 unspecified atom stereocenters. The second-order valence-electron chi connectivity index (χ2n) is 9.20. The number of thiophene rings is 1. The van der Waals surface area contributed by atoms with Gasteiger partial charge in [0.05, 0.1) is 22.1 Å². The quantitative estimate of drug-likeness (QED) is 0.105. The highest BCUT2D eigenvalue weighted by Gasteiger charge is 2.18. The number of anilines is 2. The zero-order valence-electron chi connectivity index (χ0n) is 23.3. The lowest BCUT2D eigenvalue weighted by Gasteiger charge is -2.13. The van der Waals surface area contributed by atoms with Crippen LogP contribution in [0.3, 0.4) is 0 Å².